The second-order valence-electron chi connectivity index (χ2n) is 6.13. The summed E-state index contributed by atoms with van der Waals surface area (Å²) in [6.07, 6.45) is 4.10. The summed E-state index contributed by atoms with van der Waals surface area (Å²) in [5, 5.41) is 0. The van der Waals surface area contributed by atoms with E-state index in [1.165, 1.54) is 0 Å². The van der Waals surface area contributed by atoms with E-state index in [-0.39, 0.29) is 17.1 Å². The molecule has 0 aromatic carbocycles. The molecule has 1 radical (unpaired) electrons. The molecule has 0 fully saturated rings. The molecule has 2 heteroatoms. The van der Waals surface area contributed by atoms with Crippen LogP contribution in [0.2, 0.25) is 0 Å². The maximum Gasteiger partial charge on any atom is 0.217 e. The van der Waals surface area contributed by atoms with E-state index in [9.17, 15) is 4.79 Å². The molecule has 0 amide bonds. The normalized spacial score (nSPS) is 15.5. The molecule has 0 heterocycles. The van der Waals surface area contributed by atoms with E-state index in [4.69, 9.17) is 0 Å². The predicted molar refractivity (Wildman–Crippen MR) is 65.7 cm³/mol. The average Bonchev–Trinajstić information content (AvgIpc) is 1.98. The summed E-state index contributed by atoms with van der Waals surface area (Å²) >= 11 is 0. The Morgan fingerprint density at radius 3 is 1.67 bits per heavy atom. The SMILES string of the molecule is CCCC([C]=O)N(C(C)(C)C)C(C)(C)C. The fourth-order valence-electron chi connectivity index (χ4n) is 2.46. The number of rotatable bonds is 4. The van der Waals surface area contributed by atoms with E-state index < -0.39 is 0 Å². The molecule has 0 saturated carbocycles. The van der Waals surface area contributed by atoms with Gasteiger partial charge in [-0.3, -0.25) is 9.69 Å². The Morgan fingerprint density at radius 2 is 1.47 bits per heavy atom. The summed E-state index contributed by atoms with van der Waals surface area (Å²) in [5.74, 6) is 0. The third-order valence-electron chi connectivity index (χ3n) is 2.46. The van der Waals surface area contributed by atoms with Gasteiger partial charge in [-0.2, -0.15) is 0 Å². The highest BCUT2D eigenvalue weighted by Gasteiger charge is 2.36. The predicted octanol–water partition coefficient (Wildman–Crippen LogP) is 3.16. The van der Waals surface area contributed by atoms with Gasteiger partial charge in [0.25, 0.3) is 0 Å². The van der Waals surface area contributed by atoms with Gasteiger partial charge in [-0.15, -0.1) is 0 Å². The molecule has 15 heavy (non-hydrogen) atoms. The van der Waals surface area contributed by atoms with Gasteiger partial charge in [-0.25, -0.2) is 0 Å². The Balaban J connectivity index is 5.00. The maximum atomic E-state index is 11.1. The van der Waals surface area contributed by atoms with E-state index in [1.807, 2.05) is 0 Å². The van der Waals surface area contributed by atoms with Gasteiger partial charge in [-0.1, -0.05) is 13.3 Å². The first kappa shape index (κ1) is 14.6. The fourth-order valence-corrected chi connectivity index (χ4v) is 2.46. The van der Waals surface area contributed by atoms with E-state index in [0.717, 1.165) is 12.8 Å². The van der Waals surface area contributed by atoms with E-state index >= 15 is 0 Å². The average molecular weight is 212 g/mol. The van der Waals surface area contributed by atoms with Crippen molar-refractivity contribution in [2.45, 2.75) is 78.4 Å². The standard InChI is InChI=1S/C13H26NO/c1-8-9-11(10-15)14(12(2,3)4)13(5,6)7/h11H,8-9H2,1-7H3. The number of carbonyl (C=O) groups excluding carboxylic acids is 1. The van der Waals surface area contributed by atoms with E-state index in [2.05, 4.69) is 59.7 Å². The first-order chi connectivity index (χ1) is 6.64. The minimum atomic E-state index is -0.0880. The lowest BCUT2D eigenvalue weighted by Gasteiger charge is -2.48. The molecular formula is C13H26NO. The summed E-state index contributed by atoms with van der Waals surface area (Å²) in [4.78, 5) is 13.3. The summed E-state index contributed by atoms with van der Waals surface area (Å²) < 4.78 is 0. The van der Waals surface area contributed by atoms with Gasteiger partial charge in [-0.05, 0) is 48.0 Å². The molecule has 0 aliphatic carbocycles. The van der Waals surface area contributed by atoms with Crippen LogP contribution in [0.4, 0.5) is 0 Å². The Labute approximate surface area is 95.0 Å². The van der Waals surface area contributed by atoms with Gasteiger partial charge in [0.1, 0.15) is 0 Å². The summed E-state index contributed by atoms with van der Waals surface area (Å²) in [5.41, 5.74) is -0.00894. The highest BCUT2D eigenvalue weighted by atomic mass is 16.1. The lowest BCUT2D eigenvalue weighted by Crippen LogP contribution is -2.58. The zero-order valence-electron chi connectivity index (χ0n) is 11.3. The van der Waals surface area contributed by atoms with Gasteiger partial charge < -0.3 is 0 Å². The maximum absolute atomic E-state index is 11.1. The van der Waals surface area contributed by atoms with Gasteiger partial charge >= 0.3 is 0 Å². The van der Waals surface area contributed by atoms with Crippen LogP contribution >= 0.6 is 0 Å². The molecule has 0 aliphatic rings. The van der Waals surface area contributed by atoms with Crippen molar-refractivity contribution in [3.05, 3.63) is 0 Å². The van der Waals surface area contributed by atoms with E-state index in [1.54, 1.807) is 0 Å². The molecule has 0 aromatic rings. The third-order valence-corrected chi connectivity index (χ3v) is 2.46. The minimum Gasteiger partial charge on any atom is -0.289 e. The zero-order valence-corrected chi connectivity index (χ0v) is 11.3. The Kier molecular flexibility index (Phi) is 4.98. The van der Waals surface area contributed by atoms with Crippen molar-refractivity contribution in [1.82, 2.24) is 4.90 Å². The number of hydrogen-bond acceptors (Lipinski definition) is 2. The first-order valence-corrected chi connectivity index (χ1v) is 5.81. The van der Waals surface area contributed by atoms with Crippen molar-refractivity contribution < 1.29 is 4.79 Å². The molecule has 0 bridgehead atoms. The quantitative estimate of drug-likeness (QED) is 0.713. The van der Waals surface area contributed by atoms with Crippen molar-refractivity contribution in [3.8, 4) is 0 Å². The molecule has 1 unspecified atom stereocenters. The second kappa shape index (κ2) is 5.11. The highest BCUT2D eigenvalue weighted by Crippen LogP contribution is 2.28. The Hall–Kier alpha value is -0.370. The lowest BCUT2D eigenvalue weighted by molar-refractivity contribution is 0.0149. The zero-order chi connectivity index (χ0) is 12.3. The van der Waals surface area contributed by atoms with Crippen LogP contribution in [0.3, 0.4) is 0 Å². The number of nitrogens with zero attached hydrogens (tertiary/aromatic N) is 1. The van der Waals surface area contributed by atoms with Crippen molar-refractivity contribution >= 4 is 6.29 Å². The van der Waals surface area contributed by atoms with Crippen molar-refractivity contribution in [3.63, 3.8) is 0 Å². The van der Waals surface area contributed by atoms with Crippen LogP contribution < -0.4 is 0 Å². The van der Waals surface area contributed by atoms with Crippen LogP contribution in [0.5, 0.6) is 0 Å². The van der Waals surface area contributed by atoms with E-state index in [0.29, 0.717) is 0 Å². The van der Waals surface area contributed by atoms with Gasteiger partial charge in [0.15, 0.2) is 0 Å². The third kappa shape index (κ3) is 4.33. The first-order valence-electron chi connectivity index (χ1n) is 5.81. The molecule has 0 spiro atoms. The summed E-state index contributed by atoms with van der Waals surface area (Å²) in [7, 11) is 0. The van der Waals surface area contributed by atoms with Crippen LogP contribution in [0, 0.1) is 0 Å². The van der Waals surface area contributed by atoms with Crippen LogP contribution in [0.25, 0.3) is 0 Å². The summed E-state index contributed by atoms with van der Waals surface area (Å²) in [6.45, 7) is 15.0. The van der Waals surface area contributed by atoms with Crippen molar-refractivity contribution in [2.75, 3.05) is 0 Å². The largest absolute Gasteiger partial charge is 0.289 e. The minimum absolute atomic E-state index is 0.00447. The number of hydrogen-bond donors (Lipinski definition) is 0. The van der Waals surface area contributed by atoms with Gasteiger partial charge in [0, 0.05) is 11.1 Å². The molecule has 0 aromatic heterocycles. The molecule has 0 N–H and O–H groups in total. The van der Waals surface area contributed by atoms with Crippen LogP contribution in [-0.2, 0) is 4.79 Å². The van der Waals surface area contributed by atoms with Gasteiger partial charge in [0.05, 0.1) is 6.04 Å². The topological polar surface area (TPSA) is 20.3 Å². The van der Waals surface area contributed by atoms with Crippen LogP contribution in [0.15, 0.2) is 0 Å². The monoisotopic (exact) mass is 212 g/mol. The molecule has 0 aliphatic heterocycles. The molecule has 2 nitrogen and oxygen atoms in total. The molecule has 1 atom stereocenters. The highest BCUT2D eigenvalue weighted by molar-refractivity contribution is 5.59. The van der Waals surface area contributed by atoms with Crippen LogP contribution in [0.1, 0.15) is 61.3 Å². The Morgan fingerprint density at radius 1 is 1.07 bits per heavy atom. The molecular weight excluding hydrogens is 186 g/mol. The van der Waals surface area contributed by atoms with Crippen molar-refractivity contribution in [2.24, 2.45) is 0 Å². The van der Waals surface area contributed by atoms with Gasteiger partial charge in [0.2, 0.25) is 6.29 Å². The molecule has 0 saturated heterocycles. The fraction of sp³-hybridized carbons (Fsp3) is 0.923. The van der Waals surface area contributed by atoms with Crippen molar-refractivity contribution in [1.29, 1.82) is 0 Å². The summed E-state index contributed by atoms with van der Waals surface area (Å²) in [6, 6.07) is -0.0880. The Bertz CT molecular complexity index is 184. The second-order valence-corrected chi connectivity index (χ2v) is 6.13. The molecule has 89 valence electrons. The smallest absolute Gasteiger partial charge is 0.217 e. The lowest BCUT2D eigenvalue weighted by atomic mass is 9.92. The molecule has 0 rings (SSSR count). The van der Waals surface area contributed by atoms with Crippen LogP contribution in [-0.4, -0.2) is 28.3 Å².